The van der Waals surface area contributed by atoms with Crippen LogP contribution in [0.15, 0.2) is 18.5 Å². The maximum atomic E-state index is 12.1. The van der Waals surface area contributed by atoms with Gasteiger partial charge in [0.2, 0.25) is 5.91 Å². The summed E-state index contributed by atoms with van der Waals surface area (Å²) in [6.07, 6.45) is 7.05. The van der Waals surface area contributed by atoms with Crippen molar-refractivity contribution in [3.05, 3.63) is 29.6 Å². The van der Waals surface area contributed by atoms with Crippen molar-refractivity contribution in [2.24, 2.45) is 5.92 Å². The van der Waals surface area contributed by atoms with E-state index in [1.54, 1.807) is 0 Å². The van der Waals surface area contributed by atoms with Gasteiger partial charge in [0.1, 0.15) is 0 Å². The summed E-state index contributed by atoms with van der Waals surface area (Å²) in [5.41, 5.74) is 2.58. The molecule has 0 aliphatic heterocycles. The molecule has 1 aromatic heterocycles. The van der Waals surface area contributed by atoms with Gasteiger partial charge >= 0.3 is 0 Å². The van der Waals surface area contributed by atoms with E-state index in [-0.39, 0.29) is 17.9 Å². The highest BCUT2D eigenvalue weighted by Crippen LogP contribution is 2.33. The quantitative estimate of drug-likeness (QED) is 0.785. The molecule has 3 heteroatoms. The number of aromatic nitrogens is 1. The monoisotopic (exact) mass is 232 g/mol. The van der Waals surface area contributed by atoms with Crippen LogP contribution < -0.4 is 0 Å². The van der Waals surface area contributed by atoms with Gasteiger partial charge in [0.15, 0.2) is 0 Å². The lowest BCUT2D eigenvalue weighted by atomic mass is 9.88. The Hall–Kier alpha value is -1.38. The number of nitrogens with zero attached hydrogens (tertiary/aromatic N) is 2. The SMILES string of the molecule is CC(C)C(=O)N(C)C1CCCc2cnccc21. The zero-order chi connectivity index (χ0) is 12.4. The molecule has 1 aliphatic rings. The fraction of sp³-hybridized carbons (Fsp3) is 0.571. The molecule has 0 aromatic carbocycles. The molecule has 1 unspecified atom stereocenters. The Morgan fingerprint density at radius 3 is 3.00 bits per heavy atom. The van der Waals surface area contributed by atoms with Gasteiger partial charge in [0.25, 0.3) is 0 Å². The Kier molecular flexibility index (Phi) is 3.46. The van der Waals surface area contributed by atoms with Crippen LogP contribution in [0.4, 0.5) is 0 Å². The Morgan fingerprint density at radius 1 is 1.53 bits per heavy atom. The minimum absolute atomic E-state index is 0.0622. The predicted molar refractivity (Wildman–Crippen MR) is 67.5 cm³/mol. The first kappa shape index (κ1) is 12.1. The second kappa shape index (κ2) is 4.86. The van der Waals surface area contributed by atoms with Crippen LogP contribution in [0.1, 0.15) is 43.9 Å². The Morgan fingerprint density at radius 2 is 2.29 bits per heavy atom. The summed E-state index contributed by atoms with van der Waals surface area (Å²) < 4.78 is 0. The van der Waals surface area contributed by atoms with Crippen molar-refractivity contribution >= 4 is 5.91 Å². The molecular weight excluding hydrogens is 212 g/mol. The van der Waals surface area contributed by atoms with Crippen LogP contribution in [-0.4, -0.2) is 22.8 Å². The minimum Gasteiger partial charge on any atom is -0.338 e. The van der Waals surface area contributed by atoms with E-state index in [2.05, 4.69) is 11.1 Å². The summed E-state index contributed by atoms with van der Waals surface area (Å²) in [7, 11) is 1.92. The third-order valence-corrected chi connectivity index (χ3v) is 3.53. The number of pyridine rings is 1. The van der Waals surface area contributed by atoms with Crippen LogP contribution in [0.3, 0.4) is 0 Å². The number of hydrogen-bond donors (Lipinski definition) is 0. The number of carbonyl (C=O) groups excluding carboxylic acids is 1. The first-order valence-electron chi connectivity index (χ1n) is 6.30. The zero-order valence-corrected chi connectivity index (χ0v) is 10.8. The maximum absolute atomic E-state index is 12.1. The summed E-state index contributed by atoms with van der Waals surface area (Å²) >= 11 is 0. The molecule has 0 bridgehead atoms. The van der Waals surface area contributed by atoms with Crippen molar-refractivity contribution in [1.29, 1.82) is 0 Å². The lowest BCUT2D eigenvalue weighted by molar-refractivity contribution is -0.135. The molecule has 17 heavy (non-hydrogen) atoms. The lowest BCUT2D eigenvalue weighted by Gasteiger charge is -2.34. The van der Waals surface area contributed by atoms with Crippen LogP contribution in [0, 0.1) is 5.92 Å². The topological polar surface area (TPSA) is 33.2 Å². The van der Waals surface area contributed by atoms with Gasteiger partial charge in [0, 0.05) is 25.4 Å². The molecule has 92 valence electrons. The highest BCUT2D eigenvalue weighted by atomic mass is 16.2. The molecule has 0 radical (unpaired) electrons. The maximum Gasteiger partial charge on any atom is 0.225 e. The van der Waals surface area contributed by atoms with Crippen LogP contribution in [0.5, 0.6) is 0 Å². The summed E-state index contributed by atoms with van der Waals surface area (Å²) in [5, 5.41) is 0. The number of hydrogen-bond acceptors (Lipinski definition) is 2. The molecule has 2 rings (SSSR count). The first-order chi connectivity index (χ1) is 8.11. The van der Waals surface area contributed by atoms with E-state index in [9.17, 15) is 4.79 Å². The molecule has 1 atom stereocenters. The van der Waals surface area contributed by atoms with Crippen molar-refractivity contribution in [3.63, 3.8) is 0 Å². The van der Waals surface area contributed by atoms with Gasteiger partial charge in [-0.15, -0.1) is 0 Å². The molecule has 1 aromatic rings. The third kappa shape index (κ3) is 2.33. The van der Waals surface area contributed by atoms with Gasteiger partial charge in [0.05, 0.1) is 6.04 Å². The average Bonchev–Trinajstić information content (AvgIpc) is 2.36. The Bertz CT molecular complexity index is 414. The van der Waals surface area contributed by atoms with E-state index in [1.165, 1.54) is 11.1 Å². The Labute approximate surface area is 103 Å². The van der Waals surface area contributed by atoms with Crippen molar-refractivity contribution in [2.45, 2.75) is 39.2 Å². The molecule has 0 saturated carbocycles. The molecule has 0 spiro atoms. The largest absolute Gasteiger partial charge is 0.338 e. The predicted octanol–water partition coefficient (Wildman–Crippen LogP) is 2.57. The van der Waals surface area contributed by atoms with E-state index in [0.717, 1.165) is 19.3 Å². The van der Waals surface area contributed by atoms with Gasteiger partial charge in [-0.3, -0.25) is 9.78 Å². The molecule has 0 saturated heterocycles. The van der Waals surface area contributed by atoms with Crippen molar-refractivity contribution in [3.8, 4) is 0 Å². The van der Waals surface area contributed by atoms with E-state index < -0.39 is 0 Å². The number of fused-ring (bicyclic) bond motifs is 1. The van der Waals surface area contributed by atoms with E-state index in [0.29, 0.717) is 0 Å². The number of amides is 1. The third-order valence-electron chi connectivity index (χ3n) is 3.53. The molecule has 1 aliphatic carbocycles. The molecule has 0 N–H and O–H groups in total. The molecule has 1 heterocycles. The van der Waals surface area contributed by atoms with Crippen LogP contribution in [-0.2, 0) is 11.2 Å². The summed E-state index contributed by atoms with van der Waals surface area (Å²) in [5.74, 6) is 0.284. The molecular formula is C14H20N2O. The van der Waals surface area contributed by atoms with Crippen LogP contribution in [0.2, 0.25) is 0 Å². The average molecular weight is 232 g/mol. The van der Waals surface area contributed by atoms with Crippen molar-refractivity contribution in [2.75, 3.05) is 7.05 Å². The number of carbonyl (C=O) groups is 1. The number of rotatable bonds is 2. The zero-order valence-electron chi connectivity index (χ0n) is 10.8. The molecule has 1 amide bonds. The normalized spacial score (nSPS) is 18.9. The molecule has 0 fully saturated rings. The summed E-state index contributed by atoms with van der Waals surface area (Å²) in [4.78, 5) is 18.1. The summed E-state index contributed by atoms with van der Waals surface area (Å²) in [6, 6.07) is 2.29. The van der Waals surface area contributed by atoms with Crippen LogP contribution in [0.25, 0.3) is 0 Å². The second-order valence-electron chi connectivity index (χ2n) is 5.09. The first-order valence-corrected chi connectivity index (χ1v) is 6.30. The van der Waals surface area contributed by atoms with Crippen molar-refractivity contribution in [1.82, 2.24) is 9.88 Å². The van der Waals surface area contributed by atoms with Gasteiger partial charge in [-0.1, -0.05) is 13.8 Å². The fourth-order valence-corrected chi connectivity index (χ4v) is 2.58. The summed E-state index contributed by atoms with van der Waals surface area (Å²) in [6.45, 7) is 3.91. The standard InChI is InChI=1S/C14H20N2O/c1-10(2)14(17)16(3)13-6-4-5-11-9-15-8-7-12(11)13/h7-10,13H,4-6H2,1-3H3. The smallest absolute Gasteiger partial charge is 0.225 e. The van der Waals surface area contributed by atoms with Gasteiger partial charge in [-0.2, -0.15) is 0 Å². The highest BCUT2D eigenvalue weighted by Gasteiger charge is 2.27. The lowest BCUT2D eigenvalue weighted by Crippen LogP contribution is -2.35. The fourth-order valence-electron chi connectivity index (χ4n) is 2.58. The van der Waals surface area contributed by atoms with E-state index in [4.69, 9.17) is 0 Å². The van der Waals surface area contributed by atoms with Gasteiger partial charge < -0.3 is 4.90 Å². The highest BCUT2D eigenvalue weighted by molar-refractivity contribution is 5.78. The van der Waals surface area contributed by atoms with Crippen LogP contribution >= 0.6 is 0 Å². The number of aryl methyl sites for hydroxylation is 1. The van der Waals surface area contributed by atoms with Gasteiger partial charge in [-0.05, 0) is 36.5 Å². The minimum atomic E-state index is 0.0622. The second-order valence-corrected chi connectivity index (χ2v) is 5.09. The van der Waals surface area contributed by atoms with E-state index >= 15 is 0 Å². The molecule has 3 nitrogen and oxygen atoms in total. The van der Waals surface area contributed by atoms with Crippen molar-refractivity contribution < 1.29 is 4.79 Å². The van der Waals surface area contributed by atoms with E-state index in [1.807, 2.05) is 38.2 Å². The Balaban J connectivity index is 2.26. The van der Waals surface area contributed by atoms with Gasteiger partial charge in [-0.25, -0.2) is 0 Å².